The van der Waals surface area contributed by atoms with Crippen molar-refractivity contribution in [2.24, 2.45) is 0 Å². The summed E-state index contributed by atoms with van der Waals surface area (Å²) in [6.07, 6.45) is 4.44. The fourth-order valence-corrected chi connectivity index (χ4v) is 2.83. The second-order valence-electron chi connectivity index (χ2n) is 7.11. The van der Waals surface area contributed by atoms with Crippen LogP contribution in [0.1, 0.15) is 77.1 Å². The molecular formula is C22H35NO5. The topological polar surface area (TPSA) is 73.9 Å². The highest BCUT2D eigenvalue weighted by Gasteiger charge is 2.33. The molecule has 0 saturated heterocycles. The van der Waals surface area contributed by atoms with Crippen LogP contribution in [-0.2, 0) is 14.3 Å². The van der Waals surface area contributed by atoms with Gasteiger partial charge in [-0.3, -0.25) is 4.79 Å². The fourth-order valence-electron chi connectivity index (χ4n) is 2.83. The van der Waals surface area contributed by atoms with Gasteiger partial charge in [-0.1, -0.05) is 33.1 Å². The van der Waals surface area contributed by atoms with Gasteiger partial charge in [0, 0.05) is 12.3 Å². The number of carbonyl (C=O) groups excluding carboxylic acids is 2. The van der Waals surface area contributed by atoms with E-state index in [4.69, 9.17) is 14.2 Å². The summed E-state index contributed by atoms with van der Waals surface area (Å²) in [5.41, 5.74) is -0.130. The molecule has 0 spiro atoms. The molecule has 2 atom stereocenters. The van der Waals surface area contributed by atoms with Crippen LogP contribution in [0.5, 0.6) is 5.75 Å². The standard InChI is InChI=1S/C22H35NO5/c1-7-10-11-14-22(5,27-9-3)21(25)23-17-12-13-19(28-16(4)8-2)18(15-17)20(24)26-6/h12-13,15-16H,7-11,14H2,1-6H3,(H,23,25)/t16-,22+/m0/s1. The summed E-state index contributed by atoms with van der Waals surface area (Å²) in [7, 11) is 1.32. The van der Waals surface area contributed by atoms with Crippen LogP contribution in [0.3, 0.4) is 0 Å². The molecule has 28 heavy (non-hydrogen) atoms. The van der Waals surface area contributed by atoms with E-state index in [1.54, 1.807) is 18.2 Å². The first-order valence-electron chi connectivity index (χ1n) is 10.2. The SMILES string of the molecule is CCCCC[C@@](C)(OCC)C(=O)Nc1ccc(O[C@@H](C)CC)c(C(=O)OC)c1. The van der Waals surface area contributed by atoms with E-state index in [1.807, 2.05) is 27.7 Å². The molecule has 0 aliphatic rings. The molecule has 0 saturated carbocycles. The van der Waals surface area contributed by atoms with Crippen molar-refractivity contribution in [1.29, 1.82) is 0 Å². The number of ether oxygens (including phenoxy) is 3. The first-order valence-corrected chi connectivity index (χ1v) is 10.2. The minimum atomic E-state index is -0.915. The third kappa shape index (κ3) is 6.82. The Hall–Kier alpha value is -2.08. The maximum atomic E-state index is 12.9. The predicted octanol–water partition coefficient (Wildman–Crippen LogP) is 4.96. The number of anilines is 1. The number of unbranched alkanes of at least 4 members (excludes halogenated alkanes) is 2. The summed E-state index contributed by atoms with van der Waals surface area (Å²) in [4.78, 5) is 25.1. The Balaban J connectivity index is 3.05. The number of esters is 1. The Labute approximate surface area is 168 Å². The molecule has 0 aromatic heterocycles. The molecule has 0 bridgehead atoms. The lowest BCUT2D eigenvalue weighted by Gasteiger charge is -2.28. The van der Waals surface area contributed by atoms with Crippen molar-refractivity contribution in [3.8, 4) is 5.75 Å². The quantitative estimate of drug-likeness (QED) is 0.401. The average molecular weight is 394 g/mol. The summed E-state index contributed by atoms with van der Waals surface area (Å²) in [6, 6.07) is 4.99. The molecule has 1 N–H and O–H groups in total. The van der Waals surface area contributed by atoms with Gasteiger partial charge in [0.15, 0.2) is 0 Å². The smallest absolute Gasteiger partial charge is 0.341 e. The Kier molecular flexibility index (Phi) is 10.0. The largest absolute Gasteiger partial charge is 0.490 e. The number of hydrogen-bond acceptors (Lipinski definition) is 5. The van der Waals surface area contributed by atoms with Gasteiger partial charge in [-0.15, -0.1) is 0 Å². The molecule has 0 aliphatic heterocycles. The molecular weight excluding hydrogens is 358 g/mol. The summed E-state index contributed by atoms with van der Waals surface area (Å²) in [5, 5.41) is 2.88. The molecule has 0 radical (unpaired) electrons. The Morgan fingerprint density at radius 2 is 1.89 bits per heavy atom. The Bertz CT molecular complexity index is 646. The van der Waals surface area contributed by atoms with Crippen LogP contribution < -0.4 is 10.1 Å². The van der Waals surface area contributed by atoms with E-state index in [9.17, 15) is 9.59 Å². The molecule has 1 aromatic rings. The van der Waals surface area contributed by atoms with Gasteiger partial charge >= 0.3 is 5.97 Å². The van der Waals surface area contributed by atoms with Crippen molar-refractivity contribution in [3.05, 3.63) is 23.8 Å². The van der Waals surface area contributed by atoms with E-state index in [2.05, 4.69) is 12.2 Å². The Morgan fingerprint density at radius 1 is 1.18 bits per heavy atom. The van der Waals surface area contributed by atoms with Crippen LogP contribution in [0.25, 0.3) is 0 Å². The molecule has 1 aromatic carbocycles. The van der Waals surface area contributed by atoms with E-state index < -0.39 is 11.6 Å². The van der Waals surface area contributed by atoms with E-state index >= 15 is 0 Å². The maximum Gasteiger partial charge on any atom is 0.341 e. The van der Waals surface area contributed by atoms with Crippen molar-refractivity contribution in [2.45, 2.75) is 78.4 Å². The average Bonchev–Trinajstić information content (AvgIpc) is 2.68. The molecule has 158 valence electrons. The van der Waals surface area contributed by atoms with Gasteiger partial charge in [0.1, 0.15) is 16.9 Å². The third-order valence-electron chi connectivity index (χ3n) is 4.75. The number of carbonyl (C=O) groups is 2. The van der Waals surface area contributed by atoms with Gasteiger partial charge in [-0.05, 0) is 51.8 Å². The summed E-state index contributed by atoms with van der Waals surface area (Å²) >= 11 is 0. The second kappa shape index (κ2) is 11.7. The molecule has 0 fully saturated rings. The molecule has 6 nitrogen and oxygen atoms in total. The van der Waals surface area contributed by atoms with Crippen molar-refractivity contribution >= 4 is 17.6 Å². The zero-order chi connectivity index (χ0) is 21.2. The normalized spacial score (nSPS) is 14.1. The summed E-state index contributed by atoms with van der Waals surface area (Å²) in [5.74, 6) is -0.295. The van der Waals surface area contributed by atoms with Crippen LogP contribution in [0.4, 0.5) is 5.69 Å². The summed E-state index contributed by atoms with van der Waals surface area (Å²) in [6.45, 7) is 10.2. The van der Waals surface area contributed by atoms with Crippen LogP contribution in [0.2, 0.25) is 0 Å². The minimum absolute atomic E-state index is 0.0383. The maximum absolute atomic E-state index is 12.9. The molecule has 0 aliphatic carbocycles. The lowest BCUT2D eigenvalue weighted by Crippen LogP contribution is -2.42. The van der Waals surface area contributed by atoms with Crippen LogP contribution in [0, 0.1) is 0 Å². The molecule has 1 amide bonds. The highest BCUT2D eigenvalue weighted by Crippen LogP contribution is 2.27. The third-order valence-corrected chi connectivity index (χ3v) is 4.75. The number of hydrogen-bond donors (Lipinski definition) is 1. The number of rotatable bonds is 12. The minimum Gasteiger partial charge on any atom is -0.490 e. The first kappa shape index (κ1) is 24.0. The number of methoxy groups -OCH3 is 1. The van der Waals surface area contributed by atoms with Gasteiger partial charge in [-0.25, -0.2) is 4.79 Å². The van der Waals surface area contributed by atoms with Crippen molar-refractivity contribution in [1.82, 2.24) is 0 Å². The first-order chi connectivity index (χ1) is 13.3. The second-order valence-corrected chi connectivity index (χ2v) is 7.11. The molecule has 1 rings (SSSR count). The van der Waals surface area contributed by atoms with Gasteiger partial charge < -0.3 is 19.5 Å². The predicted molar refractivity (Wildman–Crippen MR) is 111 cm³/mol. The zero-order valence-corrected chi connectivity index (χ0v) is 18.1. The van der Waals surface area contributed by atoms with Crippen molar-refractivity contribution in [3.63, 3.8) is 0 Å². The fraction of sp³-hybridized carbons (Fsp3) is 0.636. The van der Waals surface area contributed by atoms with E-state index in [0.717, 1.165) is 25.7 Å². The summed E-state index contributed by atoms with van der Waals surface area (Å²) < 4.78 is 16.4. The van der Waals surface area contributed by atoms with Crippen molar-refractivity contribution in [2.75, 3.05) is 19.0 Å². The molecule has 0 heterocycles. The van der Waals surface area contributed by atoms with Gasteiger partial charge in [-0.2, -0.15) is 0 Å². The van der Waals surface area contributed by atoms with Gasteiger partial charge in [0.25, 0.3) is 5.91 Å². The molecule has 6 heteroatoms. The number of benzene rings is 1. The monoisotopic (exact) mass is 393 g/mol. The lowest BCUT2D eigenvalue weighted by atomic mass is 9.96. The van der Waals surface area contributed by atoms with Crippen LogP contribution in [0.15, 0.2) is 18.2 Å². The van der Waals surface area contributed by atoms with Crippen molar-refractivity contribution < 1.29 is 23.8 Å². The number of amides is 1. The van der Waals surface area contributed by atoms with E-state index in [0.29, 0.717) is 24.5 Å². The number of nitrogens with one attached hydrogen (secondary N) is 1. The zero-order valence-electron chi connectivity index (χ0n) is 18.1. The van der Waals surface area contributed by atoms with Crippen LogP contribution in [-0.4, -0.2) is 37.3 Å². The highest BCUT2D eigenvalue weighted by atomic mass is 16.5. The van der Waals surface area contributed by atoms with Gasteiger partial charge in [0.2, 0.25) is 0 Å². The highest BCUT2D eigenvalue weighted by molar-refractivity contribution is 5.99. The van der Waals surface area contributed by atoms with Crippen LogP contribution >= 0.6 is 0 Å². The van der Waals surface area contributed by atoms with E-state index in [-0.39, 0.29) is 17.6 Å². The molecule has 0 unspecified atom stereocenters. The van der Waals surface area contributed by atoms with E-state index in [1.165, 1.54) is 7.11 Å². The Morgan fingerprint density at radius 3 is 2.46 bits per heavy atom. The van der Waals surface area contributed by atoms with Gasteiger partial charge in [0.05, 0.1) is 13.2 Å². The lowest BCUT2D eigenvalue weighted by molar-refractivity contribution is -0.139.